The molecule has 4 aromatic rings. The van der Waals surface area contributed by atoms with Crippen LogP contribution >= 0.6 is 0 Å². The second-order valence-corrected chi connectivity index (χ2v) is 12.7. The van der Waals surface area contributed by atoms with Gasteiger partial charge < -0.3 is 14.2 Å². The van der Waals surface area contributed by atoms with Crippen molar-refractivity contribution in [3.05, 3.63) is 101 Å². The van der Waals surface area contributed by atoms with Crippen molar-refractivity contribution in [3.8, 4) is 17.2 Å². The molecule has 0 saturated heterocycles. The van der Waals surface area contributed by atoms with Gasteiger partial charge in [-0.05, 0) is 61.6 Å². The van der Waals surface area contributed by atoms with Crippen LogP contribution < -0.4 is 18.5 Å². The summed E-state index contributed by atoms with van der Waals surface area (Å²) < 4.78 is 46.6. The van der Waals surface area contributed by atoms with Gasteiger partial charge in [-0.25, -0.2) is 12.7 Å². The van der Waals surface area contributed by atoms with E-state index < -0.39 is 15.4 Å². The number of H-pyrrole nitrogens is 1. The van der Waals surface area contributed by atoms with E-state index in [0.717, 1.165) is 47.2 Å². The lowest BCUT2D eigenvalue weighted by Gasteiger charge is -2.38. The van der Waals surface area contributed by atoms with Gasteiger partial charge in [0.2, 0.25) is 5.75 Å². The number of sulfonamides is 1. The van der Waals surface area contributed by atoms with E-state index in [-0.39, 0.29) is 10.9 Å². The summed E-state index contributed by atoms with van der Waals surface area (Å²) >= 11 is 0. The number of methoxy groups -OCH3 is 3. The third-order valence-corrected chi connectivity index (χ3v) is 10.4. The van der Waals surface area contributed by atoms with Gasteiger partial charge in [0.05, 0.1) is 26.2 Å². The SMILES string of the molecule is COc1cc(C2(c3ccccc3)C=Cc3c(N(C4CCC4)S(=O)(=O)c4ccc(C)cc4)n[nH]c3C2)cc(OC)c1OC. The number of nitrogens with zero attached hydrogens (tertiary/aromatic N) is 2. The molecule has 6 rings (SSSR count). The molecule has 1 saturated carbocycles. The molecule has 1 atom stereocenters. The number of hydrogen-bond acceptors (Lipinski definition) is 6. The minimum atomic E-state index is -3.82. The normalized spacial score (nSPS) is 18.2. The molecule has 0 spiro atoms. The Morgan fingerprint density at radius 1 is 0.905 bits per heavy atom. The Bertz CT molecular complexity index is 1700. The first kappa shape index (κ1) is 27.9. The highest BCUT2D eigenvalue weighted by atomic mass is 32.2. The van der Waals surface area contributed by atoms with Crippen LogP contribution in [0.5, 0.6) is 17.2 Å². The number of allylic oxidation sites excluding steroid dienone is 1. The summed E-state index contributed by atoms with van der Waals surface area (Å²) in [4.78, 5) is 0.271. The fourth-order valence-corrected chi connectivity index (χ4v) is 7.66. The van der Waals surface area contributed by atoms with Crippen LogP contribution in [0.1, 0.15) is 47.2 Å². The average molecular weight is 586 g/mol. The minimum Gasteiger partial charge on any atom is -0.493 e. The highest BCUT2D eigenvalue weighted by Gasteiger charge is 2.42. The van der Waals surface area contributed by atoms with E-state index in [1.54, 1.807) is 33.5 Å². The number of nitrogens with one attached hydrogen (secondary N) is 1. The Labute approximate surface area is 247 Å². The topological polar surface area (TPSA) is 93.8 Å². The van der Waals surface area contributed by atoms with E-state index in [9.17, 15) is 8.42 Å². The summed E-state index contributed by atoms with van der Waals surface area (Å²) in [5.74, 6) is 2.09. The number of aromatic nitrogens is 2. The highest BCUT2D eigenvalue weighted by molar-refractivity contribution is 7.92. The molecule has 42 heavy (non-hydrogen) atoms. The van der Waals surface area contributed by atoms with Crippen LogP contribution in [0.15, 0.2) is 77.7 Å². The molecule has 0 amide bonds. The summed E-state index contributed by atoms with van der Waals surface area (Å²) in [6, 6.07) is 21.1. The van der Waals surface area contributed by atoms with Crippen LogP contribution in [0.3, 0.4) is 0 Å². The van der Waals surface area contributed by atoms with E-state index >= 15 is 0 Å². The first-order chi connectivity index (χ1) is 20.3. The molecule has 2 aliphatic rings. The van der Waals surface area contributed by atoms with E-state index in [0.29, 0.717) is 29.5 Å². The second kappa shape index (κ2) is 10.9. The van der Waals surface area contributed by atoms with Gasteiger partial charge >= 0.3 is 0 Å². The van der Waals surface area contributed by atoms with Crippen LogP contribution in [-0.4, -0.2) is 46.0 Å². The van der Waals surface area contributed by atoms with Crippen LogP contribution in [-0.2, 0) is 21.9 Å². The Morgan fingerprint density at radius 2 is 1.57 bits per heavy atom. The molecule has 1 unspecified atom stereocenters. The largest absolute Gasteiger partial charge is 0.493 e. The summed E-state index contributed by atoms with van der Waals surface area (Å²) in [6.07, 6.45) is 7.26. The average Bonchev–Trinajstić information content (AvgIpc) is 3.40. The van der Waals surface area contributed by atoms with Crippen molar-refractivity contribution in [1.82, 2.24) is 10.2 Å². The zero-order valence-electron chi connectivity index (χ0n) is 24.3. The highest BCUT2D eigenvalue weighted by Crippen LogP contribution is 2.48. The van der Waals surface area contributed by atoms with Crippen LogP contribution in [0.2, 0.25) is 0 Å². The molecule has 2 aliphatic carbocycles. The van der Waals surface area contributed by atoms with Gasteiger partial charge in [-0.3, -0.25) is 5.10 Å². The number of hydrogen-bond donors (Lipinski definition) is 1. The lowest BCUT2D eigenvalue weighted by atomic mass is 9.68. The van der Waals surface area contributed by atoms with Crippen molar-refractivity contribution >= 4 is 21.9 Å². The number of aromatic amines is 1. The maximum Gasteiger partial charge on any atom is 0.265 e. The molecule has 0 aliphatic heterocycles. The zero-order chi connectivity index (χ0) is 29.5. The summed E-state index contributed by atoms with van der Waals surface area (Å²) in [5, 5.41) is 7.88. The van der Waals surface area contributed by atoms with E-state index in [1.165, 1.54) is 4.31 Å². The Balaban J connectivity index is 1.49. The zero-order valence-corrected chi connectivity index (χ0v) is 25.1. The molecule has 3 aromatic carbocycles. The van der Waals surface area contributed by atoms with E-state index in [2.05, 4.69) is 28.4 Å². The van der Waals surface area contributed by atoms with Gasteiger partial charge in [-0.15, -0.1) is 0 Å². The Kier molecular flexibility index (Phi) is 7.22. The number of rotatable bonds is 9. The first-order valence-corrected chi connectivity index (χ1v) is 15.5. The lowest BCUT2D eigenvalue weighted by molar-refractivity contribution is 0.323. The quantitative estimate of drug-likeness (QED) is 0.257. The van der Waals surface area contributed by atoms with Crippen LogP contribution in [0.25, 0.3) is 6.08 Å². The first-order valence-electron chi connectivity index (χ1n) is 14.1. The number of ether oxygens (including phenoxy) is 3. The standard InChI is InChI=1S/C33H35N3O5S/c1-22-13-15-26(16-14-22)42(37,38)36(25-11-8-12-25)32-27-17-18-33(21-28(27)34-35-32,23-9-6-5-7-10-23)24-19-29(39-2)31(41-4)30(20-24)40-3/h5-7,9-10,13-20,25H,8,11-12,21H2,1-4H3,(H,34,35). The van der Waals surface area contributed by atoms with E-state index in [4.69, 9.17) is 14.2 Å². The number of anilines is 1. The molecule has 1 fully saturated rings. The van der Waals surface area contributed by atoms with Crippen molar-refractivity contribution in [2.24, 2.45) is 0 Å². The van der Waals surface area contributed by atoms with E-state index in [1.807, 2.05) is 55.5 Å². The lowest BCUT2D eigenvalue weighted by Crippen LogP contribution is -2.45. The minimum absolute atomic E-state index is 0.131. The summed E-state index contributed by atoms with van der Waals surface area (Å²) in [7, 11) is 0.978. The van der Waals surface area contributed by atoms with Crippen molar-refractivity contribution in [2.45, 2.75) is 49.0 Å². The molecule has 8 nitrogen and oxygen atoms in total. The Hall–Kier alpha value is -4.24. The van der Waals surface area contributed by atoms with Crippen LogP contribution in [0, 0.1) is 6.92 Å². The predicted molar refractivity (Wildman–Crippen MR) is 163 cm³/mol. The number of benzene rings is 3. The van der Waals surface area contributed by atoms with Crippen LogP contribution in [0.4, 0.5) is 5.82 Å². The molecule has 1 aromatic heterocycles. The van der Waals surface area contributed by atoms with Gasteiger partial charge in [-0.2, -0.15) is 5.10 Å². The molecule has 9 heteroatoms. The van der Waals surface area contributed by atoms with Crippen molar-refractivity contribution < 1.29 is 22.6 Å². The van der Waals surface area contributed by atoms with Crippen molar-refractivity contribution in [2.75, 3.05) is 25.6 Å². The third-order valence-electron chi connectivity index (χ3n) is 8.51. The van der Waals surface area contributed by atoms with Gasteiger partial charge in [0.15, 0.2) is 17.3 Å². The van der Waals surface area contributed by atoms with Gasteiger partial charge in [-0.1, -0.05) is 60.2 Å². The van der Waals surface area contributed by atoms with Gasteiger partial charge in [0.1, 0.15) is 0 Å². The van der Waals surface area contributed by atoms with Crippen molar-refractivity contribution in [1.29, 1.82) is 0 Å². The summed E-state index contributed by atoms with van der Waals surface area (Å²) in [6.45, 7) is 1.95. The van der Waals surface area contributed by atoms with Crippen molar-refractivity contribution in [3.63, 3.8) is 0 Å². The monoisotopic (exact) mass is 585 g/mol. The number of fused-ring (bicyclic) bond motifs is 1. The summed E-state index contributed by atoms with van der Waals surface area (Å²) in [5.41, 5.74) is 4.06. The molecular weight excluding hydrogens is 550 g/mol. The number of aryl methyl sites for hydroxylation is 1. The molecule has 0 bridgehead atoms. The molecular formula is C33H35N3O5S. The maximum absolute atomic E-state index is 14.0. The predicted octanol–water partition coefficient (Wildman–Crippen LogP) is 6.05. The molecule has 1 heterocycles. The fraction of sp³-hybridized carbons (Fsp3) is 0.303. The third kappa shape index (κ3) is 4.52. The van der Waals surface area contributed by atoms with Gasteiger partial charge in [0.25, 0.3) is 10.0 Å². The smallest absolute Gasteiger partial charge is 0.265 e. The second-order valence-electron chi connectivity index (χ2n) is 10.9. The molecule has 1 N–H and O–H groups in total. The maximum atomic E-state index is 14.0. The van der Waals surface area contributed by atoms with Gasteiger partial charge in [0, 0.05) is 29.1 Å². The Morgan fingerprint density at radius 3 is 2.14 bits per heavy atom. The fourth-order valence-electron chi connectivity index (χ4n) is 5.98. The molecule has 0 radical (unpaired) electrons. The molecule has 218 valence electrons.